The Morgan fingerprint density at radius 2 is 0.486 bits per heavy atom. The first-order valence-electron chi connectivity index (χ1n) is 25.5. The van der Waals surface area contributed by atoms with E-state index in [1.54, 1.807) is 0 Å². The van der Waals surface area contributed by atoms with Crippen LogP contribution in [0.15, 0.2) is 261 Å². The van der Waals surface area contributed by atoms with Gasteiger partial charge in [0, 0.05) is 62.6 Å². The zero-order chi connectivity index (χ0) is 50.1. The normalized spacial score (nSPS) is 11.2. The molecule has 356 valence electrons. The van der Waals surface area contributed by atoms with Crippen LogP contribution in [0.25, 0.3) is 44.5 Å². The fraction of sp³-hybridized carbons (Fsp3) is 0.0571. The molecule has 4 heteroatoms. The van der Waals surface area contributed by atoms with Crippen molar-refractivity contribution in [2.24, 2.45) is 0 Å². The number of anilines is 11. The van der Waals surface area contributed by atoms with Crippen LogP contribution in [-0.2, 0) is 0 Å². The third-order valence-electron chi connectivity index (χ3n) is 14.1. The van der Waals surface area contributed by atoms with E-state index in [2.05, 4.69) is 309 Å². The molecule has 0 aromatic heterocycles. The zero-order valence-electron chi connectivity index (χ0n) is 42.2. The molecule has 1 N–H and O–H groups in total. The van der Waals surface area contributed by atoms with Gasteiger partial charge in [-0.3, -0.25) is 0 Å². The number of hydrogen-bond donors (Lipinski definition) is 1. The van der Waals surface area contributed by atoms with Crippen molar-refractivity contribution >= 4 is 62.6 Å². The molecule has 74 heavy (non-hydrogen) atoms. The number of rotatable bonds is 11. The number of nitrogens with zero attached hydrogens (tertiary/aromatic N) is 3. The highest BCUT2D eigenvalue weighted by Crippen LogP contribution is 2.53. The summed E-state index contributed by atoms with van der Waals surface area (Å²) < 4.78 is 0. The van der Waals surface area contributed by atoms with Crippen molar-refractivity contribution in [1.29, 1.82) is 0 Å². The average Bonchev–Trinajstić information content (AvgIpc) is 3.42. The quantitative estimate of drug-likeness (QED) is 0.139. The van der Waals surface area contributed by atoms with E-state index in [0.717, 1.165) is 107 Å². The second-order valence-corrected chi connectivity index (χ2v) is 19.5. The SMILES string of the molecule is Cc1cccc(Nc2ccc3c(c2)-c2cc(N(c4ccccc4)c4cccc(C)c4)ccc2-c2ccc(N(c4ccccc4)c4cccc(C)c4)cc2-c2cc(N(c4ccccc4)c4cccc(C)c4)ccc2-3)c1. The minimum Gasteiger partial charge on any atom is -0.356 e. The lowest BCUT2D eigenvalue weighted by molar-refractivity contribution is 1.26. The summed E-state index contributed by atoms with van der Waals surface area (Å²) in [7, 11) is 0. The highest BCUT2D eigenvalue weighted by atomic mass is 15.2. The summed E-state index contributed by atoms with van der Waals surface area (Å²) in [6.07, 6.45) is 0. The van der Waals surface area contributed by atoms with Crippen LogP contribution in [0.4, 0.5) is 62.6 Å². The Morgan fingerprint density at radius 1 is 0.203 bits per heavy atom. The highest BCUT2D eigenvalue weighted by molar-refractivity contribution is 6.06. The monoisotopic (exact) mass is 952 g/mol. The van der Waals surface area contributed by atoms with E-state index in [0.29, 0.717) is 0 Å². The molecule has 0 heterocycles. The number of aryl methyl sites for hydroxylation is 4. The topological polar surface area (TPSA) is 21.8 Å². The number of nitrogens with one attached hydrogen (secondary N) is 1. The summed E-state index contributed by atoms with van der Waals surface area (Å²) in [6.45, 7) is 8.64. The molecule has 0 radical (unpaired) electrons. The Kier molecular flexibility index (Phi) is 12.2. The predicted molar refractivity (Wildman–Crippen MR) is 314 cm³/mol. The first-order valence-corrected chi connectivity index (χ1v) is 25.5. The molecule has 0 amide bonds. The molecule has 0 aliphatic heterocycles. The smallest absolute Gasteiger partial charge is 0.0468 e. The van der Waals surface area contributed by atoms with E-state index >= 15 is 0 Å². The number of benzene rings is 11. The second-order valence-electron chi connectivity index (χ2n) is 19.5. The zero-order valence-corrected chi connectivity index (χ0v) is 42.2. The maximum Gasteiger partial charge on any atom is 0.0468 e. The van der Waals surface area contributed by atoms with Gasteiger partial charge in [0.25, 0.3) is 0 Å². The van der Waals surface area contributed by atoms with Crippen LogP contribution in [0, 0.1) is 27.7 Å². The third kappa shape index (κ3) is 8.99. The van der Waals surface area contributed by atoms with Crippen molar-refractivity contribution in [2.45, 2.75) is 27.7 Å². The van der Waals surface area contributed by atoms with Crippen LogP contribution in [0.3, 0.4) is 0 Å². The third-order valence-corrected chi connectivity index (χ3v) is 14.1. The molecule has 11 aromatic rings. The van der Waals surface area contributed by atoms with Crippen LogP contribution < -0.4 is 20.0 Å². The van der Waals surface area contributed by atoms with Gasteiger partial charge < -0.3 is 20.0 Å². The first-order chi connectivity index (χ1) is 36.3. The molecule has 11 aromatic carbocycles. The molecule has 12 rings (SSSR count). The van der Waals surface area contributed by atoms with E-state index in [4.69, 9.17) is 0 Å². The van der Waals surface area contributed by atoms with Gasteiger partial charge in [-0.15, -0.1) is 0 Å². The Morgan fingerprint density at radius 3 is 0.838 bits per heavy atom. The van der Waals surface area contributed by atoms with Crippen LogP contribution in [0.2, 0.25) is 0 Å². The maximum atomic E-state index is 3.80. The van der Waals surface area contributed by atoms with Crippen molar-refractivity contribution in [3.05, 3.63) is 283 Å². The fourth-order valence-electron chi connectivity index (χ4n) is 10.7. The summed E-state index contributed by atoms with van der Waals surface area (Å²) in [5.74, 6) is 0. The highest BCUT2D eigenvalue weighted by Gasteiger charge is 2.27. The van der Waals surface area contributed by atoms with E-state index in [1.807, 2.05) is 0 Å². The number of para-hydroxylation sites is 3. The molecule has 1 aliphatic rings. The lowest BCUT2D eigenvalue weighted by atomic mass is 9.80. The van der Waals surface area contributed by atoms with Gasteiger partial charge in [-0.1, -0.05) is 127 Å². The van der Waals surface area contributed by atoms with Gasteiger partial charge in [0.2, 0.25) is 0 Å². The van der Waals surface area contributed by atoms with Gasteiger partial charge in [0.05, 0.1) is 0 Å². The summed E-state index contributed by atoms with van der Waals surface area (Å²) in [4.78, 5) is 7.16. The summed E-state index contributed by atoms with van der Waals surface area (Å²) in [5, 5.41) is 3.80. The van der Waals surface area contributed by atoms with Gasteiger partial charge in [0.15, 0.2) is 0 Å². The Bertz CT molecular complexity index is 3820. The summed E-state index contributed by atoms with van der Waals surface area (Å²) >= 11 is 0. The standard InChI is InChI=1S/C70H56N4/c1-48-18-14-22-52(40-48)71-53-32-36-63-64-37-33-61(73(55-25-10-6-11-26-55)58-30-16-20-50(3)42-58)46-69(64)70-47-62(74(56-27-12-7-13-28-56)59-31-17-21-51(4)43-59)35-39-66(70)65-38-34-60(45-68(65)67(63)44-53)72(54-23-8-5-9-24-54)57-29-15-19-49(2)41-57/h5-47,71H,1-4H3. The molecule has 0 atom stereocenters. The fourth-order valence-corrected chi connectivity index (χ4v) is 10.7. The predicted octanol–water partition coefficient (Wildman–Crippen LogP) is 20.1. The van der Waals surface area contributed by atoms with Crippen molar-refractivity contribution < 1.29 is 0 Å². The maximum absolute atomic E-state index is 3.80. The van der Waals surface area contributed by atoms with Crippen molar-refractivity contribution in [3.8, 4) is 44.5 Å². The van der Waals surface area contributed by atoms with Crippen molar-refractivity contribution in [2.75, 3.05) is 20.0 Å². The van der Waals surface area contributed by atoms with Crippen molar-refractivity contribution in [1.82, 2.24) is 0 Å². The Hall–Kier alpha value is -9.38. The molecular weight excluding hydrogens is 897 g/mol. The first kappa shape index (κ1) is 45.7. The van der Waals surface area contributed by atoms with E-state index in [9.17, 15) is 0 Å². The van der Waals surface area contributed by atoms with E-state index in [-0.39, 0.29) is 0 Å². The molecule has 0 fully saturated rings. The minimum atomic E-state index is 1.02. The molecule has 0 saturated heterocycles. The molecule has 4 nitrogen and oxygen atoms in total. The van der Waals surface area contributed by atoms with E-state index < -0.39 is 0 Å². The molecule has 1 aliphatic carbocycles. The van der Waals surface area contributed by atoms with Crippen LogP contribution >= 0.6 is 0 Å². The van der Waals surface area contributed by atoms with Crippen LogP contribution in [0.1, 0.15) is 22.3 Å². The average molecular weight is 953 g/mol. The lowest BCUT2D eigenvalue weighted by Gasteiger charge is -2.31. The summed E-state index contributed by atoms with van der Waals surface area (Å²) in [6, 6.07) is 95.4. The molecular formula is C70H56N4. The van der Waals surface area contributed by atoms with Gasteiger partial charge in [-0.25, -0.2) is 0 Å². The van der Waals surface area contributed by atoms with Crippen LogP contribution in [-0.4, -0.2) is 0 Å². The molecule has 0 bridgehead atoms. The Labute approximate surface area is 435 Å². The lowest BCUT2D eigenvalue weighted by Crippen LogP contribution is -2.12. The molecule has 0 spiro atoms. The van der Waals surface area contributed by atoms with Gasteiger partial charge >= 0.3 is 0 Å². The summed E-state index contributed by atoms with van der Waals surface area (Å²) in [5.41, 5.74) is 25.9. The molecule has 0 saturated carbocycles. The Balaban J connectivity index is 1.16. The largest absolute Gasteiger partial charge is 0.356 e. The minimum absolute atomic E-state index is 1.02. The van der Waals surface area contributed by atoms with Crippen molar-refractivity contribution in [3.63, 3.8) is 0 Å². The van der Waals surface area contributed by atoms with Gasteiger partial charge in [0.1, 0.15) is 0 Å². The molecule has 0 unspecified atom stereocenters. The second kappa shape index (κ2) is 19.7. The number of fused-ring (bicyclic) bond motifs is 8. The van der Waals surface area contributed by atoms with Gasteiger partial charge in [-0.05, 0) is 228 Å². The van der Waals surface area contributed by atoms with Gasteiger partial charge in [-0.2, -0.15) is 0 Å². The van der Waals surface area contributed by atoms with Crippen LogP contribution in [0.5, 0.6) is 0 Å². The van der Waals surface area contributed by atoms with E-state index in [1.165, 1.54) is 22.3 Å². The number of hydrogen-bond acceptors (Lipinski definition) is 4.